The molecule has 1 amide bonds. The highest BCUT2D eigenvalue weighted by Gasteiger charge is 2.34. The van der Waals surface area contributed by atoms with Crippen LogP contribution in [0.4, 0.5) is 17.1 Å². The van der Waals surface area contributed by atoms with Gasteiger partial charge in [-0.2, -0.15) is 5.10 Å². The van der Waals surface area contributed by atoms with Gasteiger partial charge in [-0.25, -0.2) is 8.42 Å². The zero-order chi connectivity index (χ0) is 22.6. The van der Waals surface area contributed by atoms with E-state index in [2.05, 4.69) is 15.1 Å². The molecule has 1 aliphatic rings. The van der Waals surface area contributed by atoms with E-state index >= 15 is 0 Å². The zero-order valence-electron chi connectivity index (χ0n) is 17.8. The number of sulfonamides is 1. The normalized spacial score (nSPS) is 16.0. The van der Waals surface area contributed by atoms with Crippen molar-refractivity contribution in [3.63, 3.8) is 0 Å². The fraction of sp³-hybridized carbons (Fsp3) is 0.318. The smallest absolute Gasteiger partial charge is 0.271 e. The van der Waals surface area contributed by atoms with Gasteiger partial charge in [-0.1, -0.05) is 31.2 Å². The van der Waals surface area contributed by atoms with Crippen molar-refractivity contribution in [3.05, 3.63) is 54.1 Å². The van der Waals surface area contributed by atoms with Crippen LogP contribution in [-0.4, -0.2) is 37.6 Å². The summed E-state index contributed by atoms with van der Waals surface area (Å²) < 4.78 is 26.8. The molecule has 0 saturated carbocycles. The summed E-state index contributed by atoms with van der Waals surface area (Å²) in [5, 5.41) is 8.77. The van der Waals surface area contributed by atoms with Gasteiger partial charge in [-0.15, -0.1) is 0 Å². The van der Waals surface area contributed by atoms with E-state index in [1.54, 1.807) is 37.1 Å². The van der Waals surface area contributed by atoms with Crippen molar-refractivity contribution in [2.75, 3.05) is 20.8 Å². The van der Waals surface area contributed by atoms with Gasteiger partial charge in [-0.3, -0.25) is 19.3 Å². The molecule has 9 heteroatoms. The standard InChI is InChI=1S/C22H26N4O4S/c1-4-13-31(29,30)25-19-12-8-11-18(15(19)2)23-22(28)20-14-21(16(3)27)26(24-20)17-9-6-5-7-10-17/h5-12,21,25H,4,13-14H2,1-3H3,(H,23,28). The largest absolute Gasteiger partial charge is 0.321 e. The number of nitrogens with one attached hydrogen (secondary N) is 2. The lowest BCUT2D eigenvalue weighted by molar-refractivity contribution is -0.118. The monoisotopic (exact) mass is 442 g/mol. The van der Waals surface area contributed by atoms with Crippen molar-refractivity contribution in [1.82, 2.24) is 0 Å². The molecule has 0 aliphatic carbocycles. The van der Waals surface area contributed by atoms with Crippen molar-refractivity contribution < 1.29 is 18.0 Å². The molecule has 3 rings (SSSR count). The maximum Gasteiger partial charge on any atom is 0.271 e. The summed E-state index contributed by atoms with van der Waals surface area (Å²) in [7, 11) is -3.45. The van der Waals surface area contributed by atoms with Crippen LogP contribution in [0, 0.1) is 6.92 Å². The van der Waals surface area contributed by atoms with E-state index in [-0.39, 0.29) is 23.7 Å². The van der Waals surface area contributed by atoms with Crippen molar-refractivity contribution in [2.24, 2.45) is 5.10 Å². The zero-order valence-corrected chi connectivity index (χ0v) is 18.6. The van der Waals surface area contributed by atoms with Gasteiger partial charge < -0.3 is 5.32 Å². The fourth-order valence-electron chi connectivity index (χ4n) is 3.35. The van der Waals surface area contributed by atoms with Crippen molar-refractivity contribution in [2.45, 2.75) is 39.7 Å². The number of ketones is 1. The Bertz CT molecular complexity index is 1110. The molecule has 1 heterocycles. The Morgan fingerprint density at radius 1 is 1.10 bits per heavy atom. The molecule has 1 unspecified atom stereocenters. The second-order valence-corrected chi connectivity index (χ2v) is 9.25. The van der Waals surface area contributed by atoms with E-state index in [1.807, 2.05) is 30.3 Å². The molecule has 0 bridgehead atoms. The highest BCUT2D eigenvalue weighted by molar-refractivity contribution is 7.92. The Balaban J connectivity index is 1.81. The first kappa shape index (κ1) is 22.5. The van der Waals surface area contributed by atoms with Crippen molar-refractivity contribution in [3.8, 4) is 0 Å². The highest BCUT2D eigenvalue weighted by Crippen LogP contribution is 2.27. The number of rotatable bonds is 8. The first-order valence-electron chi connectivity index (χ1n) is 10.1. The van der Waals surface area contributed by atoms with E-state index in [1.165, 1.54) is 6.92 Å². The molecule has 0 spiro atoms. The molecule has 2 aromatic rings. The Kier molecular flexibility index (Phi) is 6.74. The van der Waals surface area contributed by atoms with E-state index in [0.717, 1.165) is 5.69 Å². The van der Waals surface area contributed by atoms with Crippen molar-refractivity contribution >= 4 is 44.5 Å². The quantitative estimate of drug-likeness (QED) is 0.652. The molecule has 1 atom stereocenters. The van der Waals surface area contributed by atoms with Gasteiger partial charge >= 0.3 is 0 Å². The average molecular weight is 443 g/mol. The fourth-order valence-corrected chi connectivity index (χ4v) is 4.54. The number of anilines is 3. The molecular weight excluding hydrogens is 416 g/mol. The lowest BCUT2D eigenvalue weighted by Gasteiger charge is -2.20. The SMILES string of the molecule is CCCS(=O)(=O)Nc1cccc(NC(=O)C2=NN(c3ccccc3)C(C(C)=O)C2)c1C. The number of amides is 1. The van der Waals surface area contributed by atoms with E-state index < -0.39 is 22.0 Å². The third kappa shape index (κ3) is 5.29. The molecule has 164 valence electrons. The average Bonchev–Trinajstić information content (AvgIpc) is 3.17. The Morgan fingerprint density at radius 3 is 2.42 bits per heavy atom. The molecule has 2 N–H and O–H groups in total. The van der Waals surface area contributed by atoms with Gasteiger partial charge in [0.05, 0.1) is 17.1 Å². The van der Waals surface area contributed by atoms with Crippen molar-refractivity contribution in [1.29, 1.82) is 0 Å². The van der Waals surface area contributed by atoms with Crippen LogP contribution < -0.4 is 15.0 Å². The van der Waals surface area contributed by atoms with E-state index in [4.69, 9.17) is 0 Å². The first-order chi connectivity index (χ1) is 14.7. The predicted molar refractivity (Wildman–Crippen MR) is 123 cm³/mol. The lowest BCUT2D eigenvalue weighted by Crippen LogP contribution is -2.33. The third-order valence-corrected chi connectivity index (χ3v) is 6.46. The van der Waals surface area contributed by atoms with Crippen LogP contribution in [0.3, 0.4) is 0 Å². The first-order valence-corrected chi connectivity index (χ1v) is 11.7. The highest BCUT2D eigenvalue weighted by atomic mass is 32.2. The maximum atomic E-state index is 12.9. The number of nitrogens with zero attached hydrogens (tertiary/aromatic N) is 2. The van der Waals surface area contributed by atoms with Crippen LogP contribution in [0.25, 0.3) is 0 Å². The number of hydrazone groups is 1. The summed E-state index contributed by atoms with van der Waals surface area (Å²) in [6.07, 6.45) is 0.692. The Hall–Kier alpha value is -3.20. The van der Waals surface area contributed by atoms with Gasteiger partial charge in [0.1, 0.15) is 11.8 Å². The molecule has 2 aromatic carbocycles. The number of carbonyl (C=O) groups is 2. The van der Waals surface area contributed by atoms with E-state index in [0.29, 0.717) is 23.4 Å². The topological polar surface area (TPSA) is 108 Å². The van der Waals surface area contributed by atoms with Gasteiger partial charge in [0.2, 0.25) is 10.0 Å². The number of benzene rings is 2. The number of carbonyl (C=O) groups excluding carboxylic acids is 2. The third-order valence-electron chi connectivity index (χ3n) is 4.98. The summed E-state index contributed by atoms with van der Waals surface area (Å²) in [6.45, 7) is 5.00. The minimum atomic E-state index is -3.45. The van der Waals surface area contributed by atoms with Crippen LogP contribution >= 0.6 is 0 Å². The molecule has 8 nitrogen and oxygen atoms in total. The minimum Gasteiger partial charge on any atom is -0.321 e. The second-order valence-electron chi connectivity index (χ2n) is 7.41. The molecular formula is C22H26N4O4S. The summed E-state index contributed by atoms with van der Waals surface area (Å²) in [6, 6.07) is 13.7. The summed E-state index contributed by atoms with van der Waals surface area (Å²) in [4.78, 5) is 25.0. The van der Waals surface area contributed by atoms with Gasteiger partial charge in [0.25, 0.3) is 5.91 Å². The number of Topliss-reactive ketones (excluding diaryl/α,β-unsaturated/α-hetero) is 1. The molecule has 1 aliphatic heterocycles. The van der Waals surface area contributed by atoms with Crippen LogP contribution in [0.2, 0.25) is 0 Å². The van der Waals surface area contributed by atoms with Crippen LogP contribution in [0.1, 0.15) is 32.3 Å². The minimum absolute atomic E-state index is 0.0155. The lowest BCUT2D eigenvalue weighted by atomic mass is 10.1. The van der Waals surface area contributed by atoms with Gasteiger partial charge in [-0.05, 0) is 50.1 Å². The Morgan fingerprint density at radius 2 is 1.77 bits per heavy atom. The predicted octanol–water partition coefficient (Wildman–Crippen LogP) is 3.31. The summed E-state index contributed by atoms with van der Waals surface area (Å²) >= 11 is 0. The molecule has 0 saturated heterocycles. The molecule has 31 heavy (non-hydrogen) atoms. The summed E-state index contributed by atoms with van der Waals surface area (Å²) in [5.74, 6) is -0.498. The molecule has 0 fully saturated rings. The van der Waals surface area contributed by atoms with Gasteiger partial charge in [0, 0.05) is 12.1 Å². The molecule has 0 radical (unpaired) electrons. The number of hydrogen-bond donors (Lipinski definition) is 2. The number of hydrogen-bond acceptors (Lipinski definition) is 6. The maximum absolute atomic E-state index is 12.9. The van der Waals surface area contributed by atoms with Crippen LogP contribution in [0.15, 0.2) is 53.6 Å². The molecule has 0 aromatic heterocycles. The van der Waals surface area contributed by atoms with Gasteiger partial charge in [0.15, 0.2) is 5.78 Å². The van der Waals surface area contributed by atoms with E-state index in [9.17, 15) is 18.0 Å². The summed E-state index contributed by atoms with van der Waals surface area (Å²) in [5.41, 5.74) is 2.45. The van der Waals surface area contributed by atoms with Crippen LogP contribution in [0.5, 0.6) is 0 Å². The number of para-hydroxylation sites is 1. The van der Waals surface area contributed by atoms with Crippen LogP contribution in [-0.2, 0) is 19.6 Å². The Labute approximate surface area is 182 Å². The second kappa shape index (κ2) is 9.30.